The molecule has 172 valence electrons. The summed E-state index contributed by atoms with van der Waals surface area (Å²) in [7, 11) is -2.26. The minimum Gasteiger partial charge on any atom is -0.328 e. The highest BCUT2D eigenvalue weighted by atomic mass is 35.5. The molecule has 0 aromatic carbocycles. The van der Waals surface area contributed by atoms with Gasteiger partial charge in [-0.05, 0) is 19.1 Å². The van der Waals surface area contributed by atoms with Gasteiger partial charge in [0.25, 0.3) is 0 Å². The number of aromatic nitrogens is 4. The van der Waals surface area contributed by atoms with Gasteiger partial charge in [0.15, 0.2) is 15.7 Å². The van der Waals surface area contributed by atoms with Crippen molar-refractivity contribution < 1.29 is 21.6 Å². The molecule has 3 heterocycles. The Bertz CT molecular complexity index is 1290. The molecule has 8 nitrogen and oxygen atoms in total. The molecule has 0 bridgehead atoms. The second kappa shape index (κ2) is 8.66. The smallest absolute Gasteiger partial charge is 0.328 e. The molecular formula is C19H20ClF3N6O2S. The molecule has 0 amide bonds. The highest BCUT2D eigenvalue weighted by Crippen LogP contribution is 2.33. The van der Waals surface area contributed by atoms with Gasteiger partial charge in [-0.25, -0.2) is 23.4 Å². The average molecular weight is 489 g/mol. The van der Waals surface area contributed by atoms with Gasteiger partial charge in [0.1, 0.15) is 17.2 Å². The van der Waals surface area contributed by atoms with Gasteiger partial charge in [-0.3, -0.25) is 5.41 Å². The van der Waals surface area contributed by atoms with Gasteiger partial charge in [-0.2, -0.15) is 13.2 Å². The maximum atomic E-state index is 13.0. The number of imidazole rings is 1. The van der Waals surface area contributed by atoms with E-state index in [-0.39, 0.29) is 44.9 Å². The van der Waals surface area contributed by atoms with Crippen LogP contribution < -0.4 is 4.90 Å². The van der Waals surface area contributed by atoms with E-state index in [9.17, 15) is 21.6 Å². The molecule has 0 aliphatic rings. The molecule has 0 atom stereocenters. The van der Waals surface area contributed by atoms with Crippen LogP contribution in [0.15, 0.2) is 29.4 Å². The maximum Gasteiger partial charge on any atom is 0.433 e. The Morgan fingerprint density at radius 3 is 2.47 bits per heavy atom. The summed E-state index contributed by atoms with van der Waals surface area (Å²) in [4.78, 5) is 13.3. The number of fused-ring (bicyclic) bond motifs is 1. The molecule has 3 aromatic heterocycles. The quantitative estimate of drug-likeness (QED) is 0.320. The summed E-state index contributed by atoms with van der Waals surface area (Å²) in [6, 6.07) is 2.19. The molecule has 3 rings (SSSR count). The van der Waals surface area contributed by atoms with Crippen LogP contribution in [0.5, 0.6) is 0 Å². The summed E-state index contributed by atoms with van der Waals surface area (Å²) in [6.07, 6.45) is -2.22. The number of pyridine rings is 2. The second-order valence-corrected chi connectivity index (χ2v) is 9.33. The third-order valence-corrected chi connectivity index (χ3v) is 6.90. The monoisotopic (exact) mass is 488 g/mol. The fourth-order valence-corrected chi connectivity index (χ4v) is 4.39. The van der Waals surface area contributed by atoms with E-state index in [1.807, 2.05) is 0 Å². The Balaban J connectivity index is 2.26. The van der Waals surface area contributed by atoms with Crippen molar-refractivity contribution in [2.45, 2.75) is 24.9 Å². The number of alkyl halides is 4. The number of nitrogens with zero attached hydrogens (tertiary/aromatic N) is 5. The molecule has 0 unspecified atom stereocenters. The van der Waals surface area contributed by atoms with Crippen LogP contribution in [0, 0.1) is 5.41 Å². The molecule has 0 saturated heterocycles. The fraction of sp³-hybridized carbons (Fsp3) is 0.368. The molecule has 3 aromatic rings. The molecule has 32 heavy (non-hydrogen) atoms. The van der Waals surface area contributed by atoms with Crippen molar-refractivity contribution in [3.63, 3.8) is 0 Å². The van der Waals surface area contributed by atoms with E-state index in [0.29, 0.717) is 12.2 Å². The molecule has 0 saturated carbocycles. The Morgan fingerprint density at radius 2 is 1.91 bits per heavy atom. The van der Waals surface area contributed by atoms with Crippen molar-refractivity contribution in [3.05, 3.63) is 30.2 Å². The van der Waals surface area contributed by atoms with Crippen LogP contribution in [-0.4, -0.2) is 52.0 Å². The molecule has 0 spiro atoms. The van der Waals surface area contributed by atoms with E-state index in [4.69, 9.17) is 17.0 Å². The first-order valence-electron chi connectivity index (χ1n) is 9.48. The Labute approximate surface area is 187 Å². The van der Waals surface area contributed by atoms with Crippen LogP contribution in [0.3, 0.4) is 0 Å². The van der Waals surface area contributed by atoms with E-state index in [1.54, 1.807) is 14.0 Å². The lowest BCUT2D eigenvalue weighted by Crippen LogP contribution is -2.31. The summed E-state index contributed by atoms with van der Waals surface area (Å²) in [5, 5.41) is 8.00. The second-order valence-electron chi connectivity index (χ2n) is 6.82. The van der Waals surface area contributed by atoms with Crippen molar-refractivity contribution in [1.82, 2.24) is 19.5 Å². The number of hydrogen-bond acceptors (Lipinski definition) is 6. The first kappa shape index (κ1) is 23.9. The average Bonchev–Trinajstić information content (AvgIpc) is 3.09. The minimum atomic E-state index is -4.64. The SMILES string of the molecule is CCN(C(=N)CCl)c1cnc(-c2nc3cc(C(F)(F)F)ncc3n2C)c(S(=O)(=O)CC)c1. The van der Waals surface area contributed by atoms with Crippen molar-refractivity contribution in [3.8, 4) is 11.5 Å². The minimum absolute atomic E-state index is 0.00341. The number of halogens is 4. The van der Waals surface area contributed by atoms with Gasteiger partial charge in [-0.1, -0.05) is 6.92 Å². The largest absolute Gasteiger partial charge is 0.433 e. The van der Waals surface area contributed by atoms with Crippen LogP contribution in [0.4, 0.5) is 18.9 Å². The lowest BCUT2D eigenvalue weighted by atomic mass is 10.3. The predicted octanol–water partition coefficient (Wildman–Crippen LogP) is 3.89. The molecule has 1 N–H and O–H groups in total. The number of anilines is 1. The Morgan fingerprint density at radius 1 is 1.22 bits per heavy atom. The van der Waals surface area contributed by atoms with Gasteiger partial charge in [0, 0.05) is 13.6 Å². The number of aryl methyl sites for hydroxylation is 1. The van der Waals surface area contributed by atoms with Crippen LogP contribution in [0.25, 0.3) is 22.6 Å². The topological polar surface area (TPSA) is 105 Å². The first-order valence-corrected chi connectivity index (χ1v) is 11.7. The van der Waals surface area contributed by atoms with Crippen molar-refractivity contribution in [2.24, 2.45) is 7.05 Å². The van der Waals surface area contributed by atoms with Crippen LogP contribution >= 0.6 is 11.6 Å². The zero-order valence-electron chi connectivity index (χ0n) is 17.4. The van der Waals surface area contributed by atoms with E-state index in [2.05, 4.69) is 15.0 Å². The number of nitrogens with one attached hydrogen (secondary N) is 1. The number of amidine groups is 1. The summed E-state index contributed by atoms with van der Waals surface area (Å²) >= 11 is 5.77. The van der Waals surface area contributed by atoms with Gasteiger partial charge >= 0.3 is 6.18 Å². The lowest BCUT2D eigenvalue weighted by molar-refractivity contribution is -0.141. The van der Waals surface area contributed by atoms with Crippen molar-refractivity contribution in [2.75, 3.05) is 23.1 Å². The molecule has 0 radical (unpaired) electrons. The lowest BCUT2D eigenvalue weighted by Gasteiger charge is -2.23. The zero-order valence-corrected chi connectivity index (χ0v) is 19.0. The van der Waals surface area contributed by atoms with Crippen LogP contribution in [-0.2, 0) is 23.1 Å². The normalized spacial score (nSPS) is 12.3. The molecule has 13 heteroatoms. The van der Waals surface area contributed by atoms with E-state index in [0.717, 1.165) is 12.3 Å². The van der Waals surface area contributed by atoms with E-state index < -0.39 is 21.7 Å². The van der Waals surface area contributed by atoms with Gasteiger partial charge in [0.2, 0.25) is 0 Å². The molecular weight excluding hydrogens is 469 g/mol. The number of sulfone groups is 1. The maximum absolute atomic E-state index is 13.0. The summed E-state index contributed by atoms with van der Waals surface area (Å²) in [5.41, 5.74) is -0.449. The van der Waals surface area contributed by atoms with Crippen molar-refractivity contribution in [1.29, 1.82) is 5.41 Å². The number of hydrogen-bond donors (Lipinski definition) is 1. The first-order chi connectivity index (χ1) is 14.9. The molecule has 0 aliphatic heterocycles. The third kappa shape index (κ3) is 4.29. The third-order valence-electron chi connectivity index (χ3n) is 4.90. The summed E-state index contributed by atoms with van der Waals surface area (Å²) in [5.74, 6) is -0.161. The predicted molar refractivity (Wildman–Crippen MR) is 116 cm³/mol. The zero-order chi connectivity index (χ0) is 23.8. The van der Waals surface area contributed by atoms with Gasteiger partial charge in [-0.15, -0.1) is 11.6 Å². The summed E-state index contributed by atoms with van der Waals surface area (Å²) < 4.78 is 66.3. The Hall–Kier alpha value is -2.73. The van der Waals surface area contributed by atoms with Gasteiger partial charge < -0.3 is 9.47 Å². The number of rotatable bonds is 6. The van der Waals surface area contributed by atoms with Gasteiger partial charge in [0.05, 0.1) is 45.6 Å². The highest BCUT2D eigenvalue weighted by Gasteiger charge is 2.33. The standard InChI is InChI=1S/C19H20ClF3N6O2S/c1-4-29(16(24)8-20)11-6-14(32(30,31)5-2)17(26-9-11)18-27-12-7-15(19(21,22)23)25-10-13(12)28(18)3/h6-7,9-10,24H,4-5,8H2,1-3H3. The Kier molecular flexibility index (Phi) is 6.47. The summed E-state index contributed by atoms with van der Waals surface area (Å²) in [6.45, 7) is 3.61. The fourth-order valence-electron chi connectivity index (χ4n) is 3.20. The molecule has 0 fully saturated rings. The van der Waals surface area contributed by atoms with E-state index >= 15 is 0 Å². The van der Waals surface area contributed by atoms with Crippen molar-refractivity contribution >= 4 is 44.0 Å². The molecule has 0 aliphatic carbocycles. The highest BCUT2D eigenvalue weighted by molar-refractivity contribution is 7.91. The van der Waals surface area contributed by atoms with Crippen LogP contribution in [0.1, 0.15) is 19.5 Å². The van der Waals surface area contributed by atoms with Crippen LogP contribution in [0.2, 0.25) is 0 Å². The van der Waals surface area contributed by atoms with E-state index in [1.165, 1.54) is 28.7 Å².